The average molecular weight is 286 g/mol. The Morgan fingerprint density at radius 3 is 2.76 bits per heavy atom. The maximum absolute atomic E-state index is 12.4. The van der Waals surface area contributed by atoms with E-state index in [1.54, 1.807) is 0 Å². The monoisotopic (exact) mass is 286 g/mol. The van der Waals surface area contributed by atoms with E-state index in [0.717, 1.165) is 32.4 Å². The highest BCUT2D eigenvalue weighted by Crippen LogP contribution is 2.42. The van der Waals surface area contributed by atoms with Crippen molar-refractivity contribution < 1.29 is 4.79 Å². The summed E-state index contributed by atoms with van der Waals surface area (Å²) in [5, 5.41) is 3.23. The first-order valence-corrected chi connectivity index (χ1v) is 8.30. The van der Waals surface area contributed by atoms with Crippen LogP contribution in [0, 0.1) is 5.92 Å². The van der Waals surface area contributed by atoms with E-state index in [1.165, 1.54) is 29.5 Å². The number of nitrogens with zero attached hydrogens (tertiary/aromatic N) is 1. The summed E-state index contributed by atoms with van der Waals surface area (Å²) in [7, 11) is 2.13. The molecule has 3 nitrogen and oxygen atoms in total. The number of hydrogen-bond acceptors (Lipinski definition) is 2. The molecule has 2 aliphatic rings. The summed E-state index contributed by atoms with van der Waals surface area (Å²) in [4.78, 5) is 14.7. The lowest BCUT2D eigenvalue weighted by Crippen LogP contribution is -2.38. The zero-order valence-electron chi connectivity index (χ0n) is 13.2. The molecule has 0 aromatic heterocycles. The number of benzene rings is 1. The van der Waals surface area contributed by atoms with Gasteiger partial charge in [0.1, 0.15) is 0 Å². The molecule has 1 aliphatic heterocycles. The quantitative estimate of drug-likeness (QED) is 0.902. The van der Waals surface area contributed by atoms with Gasteiger partial charge in [0, 0.05) is 5.92 Å². The van der Waals surface area contributed by atoms with Crippen molar-refractivity contribution in [3.8, 4) is 0 Å². The minimum Gasteiger partial charge on any atom is -0.345 e. The van der Waals surface area contributed by atoms with Gasteiger partial charge >= 0.3 is 0 Å². The number of carbonyl (C=O) groups excluding carboxylic acids is 1. The Morgan fingerprint density at radius 1 is 1.29 bits per heavy atom. The van der Waals surface area contributed by atoms with Crippen molar-refractivity contribution in [2.24, 2.45) is 5.92 Å². The summed E-state index contributed by atoms with van der Waals surface area (Å²) in [5.41, 5.74) is 4.06. The van der Waals surface area contributed by atoms with Crippen LogP contribution in [0.5, 0.6) is 0 Å². The Morgan fingerprint density at radius 2 is 2.05 bits per heavy atom. The normalized spacial score (nSPS) is 21.9. The molecule has 1 fully saturated rings. The summed E-state index contributed by atoms with van der Waals surface area (Å²) in [6.45, 7) is 4.30. The Labute approximate surface area is 127 Å². The van der Waals surface area contributed by atoms with Crippen molar-refractivity contribution in [2.75, 3.05) is 20.1 Å². The number of unbranched alkanes of at least 4 members (excludes halogenated alkanes) is 1. The van der Waals surface area contributed by atoms with Gasteiger partial charge in [0.25, 0.3) is 0 Å². The fraction of sp³-hybridized carbons (Fsp3) is 0.611. The zero-order valence-corrected chi connectivity index (χ0v) is 13.2. The molecule has 0 radical (unpaired) electrons. The van der Waals surface area contributed by atoms with Gasteiger partial charge in [0.05, 0.1) is 6.04 Å². The highest BCUT2D eigenvalue weighted by atomic mass is 16.2. The van der Waals surface area contributed by atoms with Crippen molar-refractivity contribution in [3.63, 3.8) is 0 Å². The molecule has 1 heterocycles. The molecule has 1 saturated heterocycles. The molecule has 1 N–H and O–H groups in total. The fourth-order valence-corrected chi connectivity index (χ4v) is 3.28. The van der Waals surface area contributed by atoms with Gasteiger partial charge < -0.3 is 10.2 Å². The van der Waals surface area contributed by atoms with E-state index in [2.05, 4.69) is 42.4 Å². The molecule has 1 unspecified atom stereocenters. The average Bonchev–Trinajstić information content (AvgIpc) is 3.18. The largest absolute Gasteiger partial charge is 0.345 e. The Balaban J connectivity index is 1.53. The van der Waals surface area contributed by atoms with Crippen molar-refractivity contribution in [2.45, 2.75) is 45.1 Å². The van der Waals surface area contributed by atoms with Gasteiger partial charge in [-0.15, -0.1) is 0 Å². The first kappa shape index (κ1) is 14.6. The predicted octanol–water partition coefficient (Wildman–Crippen LogP) is 2.89. The highest BCUT2D eigenvalue weighted by Gasteiger charge is 2.35. The van der Waals surface area contributed by atoms with Gasteiger partial charge in [-0.05, 0) is 62.5 Å². The third kappa shape index (κ3) is 3.29. The van der Waals surface area contributed by atoms with Crippen LogP contribution in [-0.2, 0) is 11.2 Å². The second kappa shape index (κ2) is 6.18. The number of rotatable bonds is 5. The number of fused-ring (bicyclic) bond motifs is 1. The maximum Gasteiger partial charge on any atom is 0.223 e. The van der Waals surface area contributed by atoms with E-state index in [-0.39, 0.29) is 17.9 Å². The molecule has 3 rings (SSSR count). The maximum atomic E-state index is 12.4. The van der Waals surface area contributed by atoms with Crippen LogP contribution in [0.3, 0.4) is 0 Å². The molecule has 1 atom stereocenters. The molecule has 21 heavy (non-hydrogen) atoms. The van der Waals surface area contributed by atoms with E-state index in [1.807, 2.05) is 0 Å². The van der Waals surface area contributed by atoms with Gasteiger partial charge in [-0.1, -0.05) is 31.5 Å². The van der Waals surface area contributed by atoms with E-state index in [0.29, 0.717) is 0 Å². The standard InChI is InChI=1S/C18H26N2O/c1-3-4-5-13-6-7-15-16(12-13)17(15)19-18(21)14-8-10-20(2)11-9-14/h6-7,12,14,17H,3-5,8-11H2,1-2H3,(H,19,21). The van der Waals surface area contributed by atoms with Crippen LogP contribution in [0.15, 0.2) is 18.2 Å². The van der Waals surface area contributed by atoms with E-state index in [4.69, 9.17) is 0 Å². The summed E-state index contributed by atoms with van der Waals surface area (Å²) >= 11 is 0. The number of aryl methyl sites for hydroxylation is 1. The van der Waals surface area contributed by atoms with Crippen molar-refractivity contribution in [1.82, 2.24) is 10.2 Å². The second-order valence-electron chi connectivity index (χ2n) is 6.59. The Kier molecular flexibility index (Phi) is 4.29. The van der Waals surface area contributed by atoms with Gasteiger partial charge in [-0.2, -0.15) is 0 Å². The molecule has 114 valence electrons. The first-order valence-electron chi connectivity index (χ1n) is 8.30. The van der Waals surface area contributed by atoms with E-state index >= 15 is 0 Å². The van der Waals surface area contributed by atoms with Gasteiger partial charge in [-0.3, -0.25) is 4.79 Å². The molecule has 1 amide bonds. The van der Waals surface area contributed by atoms with Crippen molar-refractivity contribution >= 4 is 5.91 Å². The molecule has 0 spiro atoms. The van der Waals surface area contributed by atoms with Crippen LogP contribution < -0.4 is 5.32 Å². The number of piperidine rings is 1. The molecule has 0 bridgehead atoms. The van der Waals surface area contributed by atoms with Crippen LogP contribution in [0.4, 0.5) is 0 Å². The Hall–Kier alpha value is -1.35. The second-order valence-corrected chi connectivity index (χ2v) is 6.59. The predicted molar refractivity (Wildman–Crippen MR) is 85.3 cm³/mol. The zero-order chi connectivity index (χ0) is 14.8. The lowest BCUT2D eigenvalue weighted by molar-refractivity contribution is -0.126. The SMILES string of the molecule is CCCCc1ccc2c(c1)C2NC(=O)C1CCN(C)CC1. The molecule has 1 aromatic rings. The van der Waals surface area contributed by atoms with Crippen molar-refractivity contribution in [1.29, 1.82) is 0 Å². The summed E-state index contributed by atoms with van der Waals surface area (Å²) in [5.74, 6) is 0.456. The first-order chi connectivity index (χ1) is 10.2. The van der Waals surface area contributed by atoms with Gasteiger partial charge in [0.15, 0.2) is 0 Å². The van der Waals surface area contributed by atoms with Gasteiger partial charge in [0.2, 0.25) is 5.91 Å². The molecular weight excluding hydrogens is 260 g/mol. The third-order valence-corrected chi connectivity index (χ3v) is 4.88. The highest BCUT2D eigenvalue weighted by molar-refractivity contribution is 5.81. The van der Waals surface area contributed by atoms with Crippen LogP contribution in [0.2, 0.25) is 0 Å². The number of amides is 1. The van der Waals surface area contributed by atoms with Crippen LogP contribution in [-0.4, -0.2) is 30.9 Å². The van der Waals surface area contributed by atoms with E-state index < -0.39 is 0 Å². The lowest BCUT2D eigenvalue weighted by atomic mass is 9.96. The molecule has 0 saturated carbocycles. The van der Waals surface area contributed by atoms with Crippen LogP contribution in [0.1, 0.15) is 55.3 Å². The van der Waals surface area contributed by atoms with Crippen LogP contribution >= 0.6 is 0 Å². The van der Waals surface area contributed by atoms with E-state index in [9.17, 15) is 4.79 Å². The number of carbonyl (C=O) groups is 1. The summed E-state index contributed by atoms with van der Waals surface area (Å²) < 4.78 is 0. The number of nitrogens with one attached hydrogen (secondary N) is 1. The summed E-state index contributed by atoms with van der Waals surface area (Å²) in [6, 6.07) is 6.90. The molecule has 3 heteroatoms. The minimum absolute atomic E-state index is 0.201. The topological polar surface area (TPSA) is 32.3 Å². The molecule has 1 aliphatic carbocycles. The van der Waals surface area contributed by atoms with Gasteiger partial charge in [-0.25, -0.2) is 0 Å². The lowest BCUT2D eigenvalue weighted by Gasteiger charge is -2.28. The number of hydrogen-bond donors (Lipinski definition) is 1. The molecule has 1 aromatic carbocycles. The third-order valence-electron chi connectivity index (χ3n) is 4.88. The summed E-state index contributed by atoms with van der Waals surface area (Å²) in [6.07, 6.45) is 5.61. The van der Waals surface area contributed by atoms with Crippen LogP contribution in [0.25, 0.3) is 0 Å². The fourth-order valence-electron chi connectivity index (χ4n) is 3.28. The minimum atomic E-state index is 0.201. The molecular formula is C18H26N2O. The van der Waals surface area contributed by atoms with Crippen molar-refractivity contribution in [3.05, 3.63) is 34.9 Å². The Bertz CT molecular complexity index is 518. The smallest absolute Gasteiger partial charge is 0.223 e. The number of likely N-dealkylation sites (tertiary alicyclic amines) is 1.